The van der Waals surface area contributed by atoms with Crippen LogP contribution in [-0.2, 0) is 0 Å². The Morgan fingerprint density at radius 2 is 2.00 bits per heavy atom. The highest BCUT2D eigenvalue weighted by Gasteiger charge is 2.40. The van der Waals surface area contributed by atoms with E-state index in [1.165, 1.54) is 0 Å². The van der Waals surface area contributed by atoms with E-state index in [-0.39, 0.29) is 16.9 Å². The van der Waals surface area contributed by atoms with E-state index in [9.17, 15) is 0 Å². The molecular formula is C10H22N2O. The molecule has 0 aromatic heterocycles. The van der Waals surface area contributed by atoms with Crippen molar-refractivity contribution in [3.63, 3.8) is 0 Å². The highest BCUT2D eigenvalue weighted by molar-refractivity contribution is 4.93. The monoisotopic (exact) mass is 186 g/mol. The molecular weight excluding hydrogens is 164 g/mol. The lowest BCUT2D eigenvalue weighted by molar-refractivity contribution is 0.0162. The Kier molecular flexibility index (Phi) is 3.00. The molecule has 2 unspecified atom stereocenters. The Morgan fingerprint density at radius 3 is 2.46 bits per heavy atom. The summed E-state index contributed by atoms with van der Waals surface area (Å²) < 4.78 is 0. The van der Waals surface area contributed by atoms with Crippen LogP contribution in [0.3, 0.4) is 0 Å². The molecule has 0 saturated heterocycles. The minimum atomic E-state index is 0.183. The van der Waals surface area contributed by atoms with Crippen LogP contribution >= 0.6 is 0 Å². The molecule has 78 valence electrons. The average Bonchev–Trinajstić information content (AvgIpc) is 2.01. The Hall–Kier alpha value is -0.120. The van der Waals surface area contributed by atoms with Crippen molar-refractivity contribution in [3.8, 4) is 0 Å². The number of hydrogen-bond donors (Lipinski definition) is 3. The van der Waals surface area contributed by atoms with Gasteiger partial charge in [0.1, 0.15) is 0 Å². The standard InChI is InChI=1S/C10H22N2O/c1-9(2)4-8(12-13)5-10(3,6-9)7-11/h8,12-13H,4-7,11H2,1-3H3. The van der Waals surface area contributed by atoms with Gasteiger partial charge in [-0.2, -0.15) is 0 Å². The first kappa shape index (κ1) is 11.0. The van der Waals surface area contributed by atoms with Gasteiger partial charge in [0.15, 0.2) is 0 Å². The molecule has 13 heavy (non-hydrogen) atoms. The van der Waals surface area contributed by atoms with Gasteiger partial charge in [-0.15, -0.1) is 0 Å². The Bertz CT molecular complexity index is 182. The second-order valence-corrected chi connectivity index (χ2v) is 5.59. The van der Waals surface area contributed by atoms with Crippen LogP contribution in [0, 0.1) is 10.8 Å². The lowest BCUT2D eigenvalue weighted by atomic mass is 9.63. The quantitative estimate of drug-likeness (QED) is 0.573. The van der Waals surface area contributed by atoms with Crippen LogP contribution in [-0.4, -0.2) is 17.8 Å². The van der Waals surface area contributed by atoms with Gasteiger partial charge >= 0.3 is 0 Å². The number of hydrogen-bond acceptors (Lipinski definition) is 3. The molecule has 3 nitrogen and oxygen atoms in total. The molecule has 4 N–H and O–H groups in total. The second-order valence-electron chi connectivity index (χ2n) is 5.59. The van der Waals surface area contributed by atoms with E-state index in [0.29, 0.717) is 6.54 Å². The maximum Gasteiger partial charge on any atom is 0.0330 e. The van der Waals surface area contributed by atoms with E-state index in [2.05, 4.69) is 26.3 Å². The first-order valence-corrected chi connectivity index (χ1v) is 5.00. The largest absolute Gasteiger partial charge is 0.330 e. The zero-order chi connectivity index (χ0) is 10.1. The Labute approximate surface area is 80.7 Å². The van der Waals surface area contributed by atoms with Gasteiger partial charge in [-0.1, -0.05) is 20.8 Å². The topological polar surface area (TPSA) is 58.3 Å². The lowest BCUT2D eigenvalue weighted by Gasteiger charge is -2.45. The molecule has 2 atom stereocenters. The minimum absolute atomic E-state index is 0.183. The maximum absolute atomic E-state index is 8.96. The predicted octanol–water partition coefficient (Wildman–Crippen LogP) is 1.51. The van der Waals surface area contributed by atoms with Crippen molar-refractivity contribution in [3.05, 3.63) is 0 Å². The fraction of sp³-hybridized carbons (Fsp3) is 1.00. The second kappa shape index (κ2) is 3.56. The van der Waals surface area contributed by atoms with Gasteiger partial charge in [-0.25, -0.2) is 5.48 Å². The summed E-state index contributed by atoms with van der Waals surface area (Å²) in [5.41, 5.74) is 8.63. The third-order valence-corrected chi connectivity index (χ3v) is 3.12. The molecule has 1 aliphatic rings. The molecule has 0 heterocycles. The van der Waals surface area contributed by atoms with Gasteiger partial charge in [0, 0.05) is 6.04 Å². The Morgan fingerprint density at radius 1 is 1.38 bits per heavy atom. The molecule has 1 saturated carbocycles. The first-order chi connectivity index (χ1) is 5.91. The van der Waals surface area contributed by atoms with Crippen molar-refractivity contribution in [1.82, 2.24) is 5.48 Å². The summed E-state index contributed by atoms with van der Waals surface area (Å²) in [5.74, 6) is 0. The maximum atomic E-state index is 8.96. The van der Waals surface area contributed by atoms with E-state index in [1.807, 2.05) is 0 Å². The van der Waals surface area contributed by atoms with Crippen LogP contribution in [0.25, 0.3) is 0 Å². The van der Waals surface area contributed by atoms with E-state index in [0.717, 1.165) is 19.3 Å². The smallest absolute Gasteiger partial charge is 0.0330 e. The molecule has 0 bridgehead atoms. The molecule has 3 heteroatoms. The van der Waals surface area contributed by atoms with Crippen LogP contribution in [0.15, 0.2) is 0 Å². The van der Waals surface area contributed by atoms with Crippen molar-refractivity contribution in [1.29, 1.82) is 0 Å². The molecule has 0 spiro atoms. The van der Waals surface area contributed by atoms with Crippen LogP contribution in [0.2, 0.25) is 0 Å². The fourth-order valence-corrected chi connectivity index (χ4v) is 2.88. The van der Waals surface area contributed by atoms with Crippen molar-refractivity contribution in [2.24, 2.45) is 16.6 Å². The van der Waals surface area contributed by atoms with Crippen LogP contribution in [0.1, 0.15) is 40.0 Å². The fourth-order valence-electron chi connectivity index (χ4n) is 2.88. The molecule has 0 aromatic carbocycles. The summed E-state index contributed by atoms with van der Waals surface area (Å²) in [7, 11) is 0. The van der Waals surface area contributed by atoms with Gasteiger partial charge < -0.3 is 10.9 Å². The van der Waals surface area contributed by atoms with Crippen LogP contribution in [0.4, 0.5) is 0 Å². The first-order valence-electron chi connectivity index (χ1n) is 5.00. The van der Waals surface area contributed by atoms with Gasteiger partial charge in [0.05, 0.1) is 0 Å². The molecule has 0 aromatic rings. The normalized spacial score (nSPS) is 39.0. The molecule has 0 aliphatic heterocycles. The summed E-state index contributed by atoms with van der Waals surface area (Å²) >= 11 is 0. The predicted molar refractivity (Wildman–Crippen MR) is 53.5 cm³/mol. The van der Waals surface area contributed by atoms with E-state index >= 15 is 0 Å². The minimum Gasteiger partial charge on any atom is -0.330 e. The summed E-state index contributed by atoms with van der Waals surface area (Å²) in [5, 5.41) is 8.96. The number of nitrogens with two attached hydrogens (primary N) is 1. The highest BCUT2D eigenvalue weighted by Crippen LogP contribution is 2.45. The van der Waals surface area contributed by atoms with Gasteiger partial charge in [0.25, 0.3) is 0 Å². The summed E-state index contributed by atoms with van der Waals surface area (Å²) in [4.78, 5) is 0. The third kappa shape index (κ3) is 2.66. The van der Waals surface area contributed by atoms with E-state index in [1.54, 1.807) is 0 Å². The molecule has 1 aliphatic carbocycles. The molecule has 0 radical (unpaired) electrons. The molecule has 0 amide bonds. The van der Waals surface area contributed by atoms with Crippen molar-refractivity contribution in [2.45, 2.75) is 46.1 Å². The van der Waals surface area contributed by atoms with Gasteiger partial charge in [-0.05, 0) is 36.6 Å². The lowest BCUT2D eigenvalue weighted by Crippen LogP contribution is -2.46. The number of hydroxylamine groups is 1. The SMILES string of the molecule is CC1(C)CC(NO)CC(C)(CN)C1. The summed E-state index contributed by atoms with van der Waals surface area (Å²) in [6, 6.07) is 0.206. The van der Waals surface area contributed by atoms with Crippen LogP contribution in [0.5, 0.6) is 0 Å². The Balaban J connectivity index is 2.71. The van der Waals surface area contributed by atoms with Crippen molar-refractivity contribution >= 4 is 0 Å². The summed E-state index contributed by atoms with van der Waals surface area (Å²) in [6.07, 6.45) is 3.15. The zero-order valence-corrected chi connectivity index (χ0v) is 8.93. The molecule has 1 rings (SSSR count). The van der Waals surface area contributed by atoms with E-state index < -0.39 is 0 Å². The number of rotatable bonds is 2. The average molecular weight is 186 g/mol. The van der Waals surface area contributed by atoms with Crippen molar-refractivity contribution in [2.75, 3.05) is 6.54 Å². The summed E-state index contributed by atoms with van der Waals surface area (Å²) in [6.45, 7) is 7.39. The van der Waals surface area contributed by atoms with Gasteiger partial charge in [0.2, 0.25) is 0 Å². The zero-order valence-electron chi connectivity index (χ0n) is 8.93. The molecule has 1 fully saturated rings. The third-order valence-electron chi connectivity index (χ3n) is 3.12. The van der Waals surface area contributed by atoms with E-state index in [4.69, 9.17) is 10.9 Å². The number of nitrogens with one attached hydrogen (secondary N) is 1. The van der Waals surface area contributed by atoms with Crippen molar-refractivity contribution < 1.29 is 5.21 Å². The van der Waals surface area contributed by atoms with Crippen LogP contribution < -0.4 is 11.2 Å². The highest BCUT2D eigenvalue weighted by atomic mass is 16.5. The van der Waals surface area contributed by atoms with Gasteiger partial charge in [-0.3, -0.25) is 0 Å².